The third-order valence-corrected chi connectivity index (χ3v) is 3.24. The lowest BCUT2D eigenvalue weighted by Gasteiger charge is -2.30. The highest BCUT2D eigenvalue weighted by atomic mass is 16.8. The molecule has 1 N–H and O–H groups in total. The largest absolute Gasteiger partial charge is 0.343 e. The second-order valence-corrected chi connectivity index (χ2v) is 4.58. The molecule has 96 valence electrons. The van der Waals surface area contributed by atoms with Gasteiger partial charge in [0.1, 0.15) is 0 Å². The number of methoxy groups -OCH3 is 2. The number of rotatable bonds is 5. The van der Waals surface area contributed by atoms with Gasteiger partial charge in [-0.3, -0.25) is 0 Å². The molecule has 0 amide bonds. The van der Waals surface area contributed by atoms with Crippen molar-refractivity contribution in [1.29, 1.82) is 0 Å². The summed E-state index contributed by atoms with van der Waals surface area (Å²) in [5.74, 6) is -1.32. The first-order valence-corrected chi connectivity index (χ1v) is 5.87. The van der Waals surface area contributed by atoms with Crippen molar-refractivity contribution in [2.75, 3.05) is 14.2 Å². The molecule has 0 aliphatic rings. The van der Waals surface area contributed by atoms with E-state index in [0.717, 1.165) is 5.56 Å². The molecule has 3 nitrogen and oxygen atoms in total. The Balaban J connectivity index is 2.93. The van der Waals surface area contributed by atoms with Crippen molar-refractivity contribution in [1.82, 2.24) is 0 Å². The Morgan fingerprint density at radius 2 is 1.35 bits per heavy atom. The lowest BCUT2D eigenvalue weighted by Crippen LogP contribution is -2.39. The van der Waals surface area contributed by atoms with Crippen molar-refractivity contribution in [3.63, 3.8) is 0 Å². The summed E-state index contributed by atoms with van der Waals surface area (Å²) in [5, 5.41) is 10.1. The molecule has 1 aromatic carbocycles. The summed E-state index contributed by atoms with van der Waals surface area (Å²) < 4.78 is 10.0. The predicted octanol–water partition coefficient (Wildman–Crippen LogP) is 2.85. The summed E-state index contributed by atoms with van der Waals surface area (Å²) in [4.78, 5) is 0. The number of hydrogen-bond acceptors (Lipinski definition) is 3. The highest BCUT2D eigenvalue weighted by molar-refractivity contribution is 5.27. The van der Waals surface area contributed by atoms with Crippen molar-refractivity contribution in [3.05, 3.63) is 35.4 Å². The second-order valence-electron chi connectivity index (χ2n) is 4.58. The van der Waals surface area contributed by atoms with Crippen LogP contribution in [0.3, 0.4) is 0 Å². The Morgan fingerprint density at radius 3 is 1.71 bits per heavy atom. The van der Waals surface area contributed by atoms with Gasteiger partial charge in [0.05, 0.1) is 5.92 Å². The van der Waals surface area contributed by atoms with Crippen molar-refractivity contribution < 1.29 is 14.6 Å². The fourth-order valence-corrected chi connectivity index (χ4v) is 1.82. The number of benzene rings is 1. The van der Waals surface area contributed by atoms with E-state index in [1.165, 1.54) is 19.8 Å². The smallest absolute Gasteiger partial charge is 0.286 e. The highest BCUT2D eigenvalue weighted by Crippen LogP contribution is 2.30. The Kier molecular flexibility index (Phi) is 4.69. The fraction of sp³-hybridized carbons (Fsp3) is 0.571. The molecule has 0 saturated carbocycles. The van der Waals surface area contributed by atoms with Crippen molar-refractivity contribution in [2.24, 2.45) is 0 Å². The monoisotopic (exact) mass is 238 g/mol. The van der Waals surface area contributed by atoms with Gasteiger partial charge >= 0.3 is 0 Å². The molecule has 0 aliphatic carbocycles. The first-order valence-electron chi connectivity index (χ1n) is 5.87. The average molecular weight is 238 g/mol. The standard InChI is InChI=1S/C14H22O3/c1-10(2)12-6-8-13(9-7-12)11(3)14(15,16-4)17-5/h6-11,15H,1-5H3. The lowest BCUT2D eigenvalue weighted by atomic mass is 9.95. The van der Waals surface area contributed by atoms with E-state index >= 15 is 0 Å². The van der Waals surface area contributed by atoms with Gasteiger partial charge in [0, 0.05) is 14.2 Å². The van der Waals surface area contributed by atoms with Crippen LogP contribution in [0.1, 0.15) is 43.7 Å². The van der Waals surface area contributed by atoms with Crippen LogP contribution in [-0.2, 0) is 9.47 Å². The van der Waals surface area contributed by atoms with E-state index in [1.54, 1.807) is 0 Å². The zero-order valence-corrected chi connectivity index (χ0v) is 11.2. The molecule has 3 heteroatoms. The van der Waals surface area contributed by atoms with Gasteiger partial charge in [-0.15, -0.1) is 0 Å². The van der Waals surface area contributed by atoms with E-state index in [4.69, 9.17) is 9.47 Å². The maximum absolute atomic E-state index is 10.1. The van der Waals surface area contributed by atoms with Gasteiger partial charge in [0.2, 0.25) is 0 Å². The molecule has 0 aliphatic heterocycles. The van der Waals surface area contributed by atoms with Crippen LogP contribution >= 0.6 is 0 Å². The van der Waals surface area contributed by atoms with Crippen molar-refractivity contribution in [3.8, 4) is 0 Å². The van der Waals surface area contributed by atoms with Crippen LogP contribution in [0.15, 0.2) is 24.3 Å². The average Bonchev–Trinajstić information content (AvgIpc) is 2.37. The summed E-state index contributed by atoms with van der Waals surface area (Å²) in [6.45, 7) is 6.18. The van der Waals surface area contributed by atoms with Crippen molar-refractivity contribution >= 4 is 0 Å². The van der Waals surface area contributed by atoms with Crippen LogP contribution in [0, 0.1) is 0 Å². The molecule has 1 unspecified atom stereocenters. The van der Waals surface area contributed by atoms with Gasteiger partial charge in [0.25, 0.3) is 5.97 Å². The maximum atomic E-state index is 10.1. The van der Waals surface area contributed by atoms with E-state index in [9.17, 15) is 5.11 Å². The maximum Gasteiger partial charge on any atom is 0.286 e. The number of hydrogen-bond donors (Lipinski definition) is 1. The van der Waals surface area contributed by atoms with Gasteiger partial charge in [0.15, 0.2) is 0 Å². The van der Waals surface area contributed by atoms with Crippen LogP contribution in [0.4, 0.5) is 0 Å². The minimum Gasteiger partial charge on any atom is -0.343 e. The van der Waals surface area contributed by atoms with Crippen LogP contribution in [0.2, 0.25) is 0 Å². The van der Waals surface area contributed by atoms with Crippen LogP contribution in [-0.4, -0.2) is 25.3 Å². The normalized spacial score (nSPS) is 14.1. The quantitative estimate of drug-likeness (QED) is 0.802. The van der Waals surface area contributed by atoms with Crippen LogP contribution in [0.5, 0.6) is 0 Å². The molecule has 0 radical (unpaired) electrons. The fourth-order valence-electron chi connectivity index (χ4n) is 1.82. The first-order chi connectivity index (χ1) is 7.94. The molecule has 1 aromatic rings. The van der Waals surface area contributed by atoms with Gasteiger partial charge in [-0.05, 0) is 17.0 Å². The molecule has 17 heavy (non-hydrogen) atoms. The summed E-state index contributed by atoms with van der Waals surface area (Å²) in [7, 11) is 2.87. The predicted molar refractivity (Wildman–Crippen MR) is 67.9 cm³/mol. The summed E-state index contributed by atoms with van der Waals surface area (Å²) in [5.41, 5.74) is 2.26. The zero-order valence-electron chi connectivity index (χ0n) is 11.2. The van der Waals surface area contributed by atoms with Crippen molar-refractivity contribution in [2.45, 2.75) is 38.6 Å². The van der Waals surface area contributed by atoms with E-state index in [-0.39, 0.29) is 5.92 Å². The minimum absolute atomic E-state index is 0.251. The van der Waals surface area contributed by atoms with E-state index in [1.807, 2.05) is 19.1 Å². The van der Waals surface area contributed by atoms with E-state index in [2.05, 4.69) is 26.0 Å². The SMILES string of the molecule is COC(O)(OC)C(C)c1ccc(C(C)C)cc1. The van der Waals surface area contributed by atoms with Gasteiger partial charge in [-0.2, -0.15) is 0 Å². The van der Waals surface area contributed by atoms with E-state index < -0.39 is 5.97 Å². The summed E-state index contributed by atoms with van der Waals surface area (Å²) >= 11 is 0. The third kappa shape index (κ3) is 3.06. The van der Waals surface area contributed by atoms with Crippen LogP contribution < -0.4 is 0 Å². The second kappa shape index (κ2) is 5.63. The first kappa shape index (κ1) is 14.2. The Labute approximate surface area is 103 Å². The number of aliphatic hydroxyl groups is 1. The van der Waals surface area contributed by atoms with Gasteiger partial charge in [-0.25, -0.2) is 0 Å². The minimum atomic E-state index is -1.57. The summed E-state index contributed by atoms with van der Waals surface area (Å²) in [6, 6.07) is 8.15. The molecule has 0 bridgehead atoms. The molecular formula is C14H22O3. The van der Waals surface area contributed by atoms with E-state index in [0.29, 0.717) is 5.92 Å². The van der Waals surface area contributed by atoms with Crippen LogP contribution in [0.25, 0.3) is 0 Å². The lowest BCUT2D eigenvalue weighted by molar-refractivity contribution is -0.350. The molecule has 1 rings (SSSR count). The topological polar surface area (TPSA) is 38.7 Å². The highest BCUT2D eigenvalue weighted by Gasteiger charge is 2.35. The molecule has 0 fully saturated rings. The Bertz CT molecular complexity index is 339. The Morgan fingerprint density at radius 1 is 0.941 bits per heavy atom. The molecule has 0 saturated heterocycles. The summed E-state index contributed by atoms with van der Waals surface area (Å²) in [6.07, 6.45) is 0. The molecule has 1 atom stereocenters. The molecule has 0 spiro atoms. The molecule has 0 heterocycles. The number of ether oxygens (including phenoxy) is 2. The third-order valence-electron chi connectivity index (χ3n) is 3.24. The molecule has 0 aromatic heterocycles. The Hall–Kier alpha value is -0.900. The van der Waals surface area contributed by atoms with Gasteiger partial charge in [-0.1, -0.05) is 45.0 Å². The van der Waals surface area contributed by atoms with Gasteiger partial charge < -0.3 is 14.6 Å². The molecular weight excluding hydrogens is 216 g/mol. The zero-order chi connectivity index (χ0) is 13.1.